The standard InChI is InChI=1S/C2H3N3OS/c6-5-2(7)3-1-4-5/h1,6H,(H,3,4,7). The molecule has 1 N–H and O–H groups in total. The highest BCUT2D eigenvalue weighted by molar-refractivity contribution is 7.80. The molecule has 0 aliphatic carbocycles. The highest BCUT2D eigenvalue weighted by Gasteiger charge is 1.89. The normalized spacial score (nSPS) is 9.29. The second-order valence-electron chi connectivity index (χ2n) is 0.949. The van der Waals surface area contributed by atoms with Crippen molar-refractivity contribution in [2.75, 3.05) is 0 Å². The molecule has 4 nitrogen and oxygen atoms in total. The van der Waals surface area contributed by atoms with E-state index in [9.17, 15) is 0 Å². The number of aromatic nitrogens is 3. The van der Waals surface area contributed by atoms with Crippen molar-refractivity contribution in [2.45, 2.75) is 5.16 Å². The Bertz CT molecular complexity index is 145. The molecular formula is C2H3N3OS. The summed E-state index contributed by atoms with van der Waals surface area (Å²) in [5.74, 6) is 0. The van der Waals surface area contributed by atoms with Crippen LogP contribution in [0.2, 0.25) is 0 Å². The smallest absolute Gasteiger partial charge is 0.222 e. The van der Waals surface area contributed by atoms with E-state index in [-0.39, 0.29) is 5.16 Å². The fraction of sp³-hybridized carbons (Fsp3) is 0. The van der Waals surface area contributed by atoms with Crippen molar-refractivity contribution in [1.29, 1.82) is 0 Å². The Morgan fingerprint density at radius 1 is 1.86 bits per heavy atom. The van der Waals surface area contributed by atoms with E-state index in [1.54, 1.807) is 0 Å². The lowest BCUT2D eigenvalue weighted by Crippen LogP contribution is -1.90. The van der Waals surface area contributed by atoms with Gasteiger partial charge in [-0.15, -0.1) is 17.7 Å². The van der Waals surface area contributed by atoms with E-state index in [0.717, 1.165) is 0 Å². The van der Waals surface area contributed by atoms with Gasteiger partial charge in [-0.2, -0.15) is 0 Å². The Hall–Kier alpha value is -0.710. The Morgan fingerprint density at radius 3 is 2.71 bits per heavy atom. The van der Waals surface area contributed by atoms with Crippen molar-refractivity contribution in [3.63, 3.8) is 0 Å². The van der Waals surface area contributed by atoms with Crippen LogP contribution < -0.4 is 0 Å². The molecule has 0 aliphatic rings. The van der Waals surface area contributed by atoms with Gasteiger partial charge in [0.15, 0.2) is 0 Å². The fourth-order valence-electron chi connectivity index (χ4n) is 0.230. The summed E-state index contributed by atoms with van der Waals surface area (Å²) in [4.78, 5) is 4.07. The van der Waals surface area contributed by atoms with Gasteiger partial charge in [-0.25, -0.2) is 4.98 Å². The van der Waals surface area contributed by atoms with Crippen LogP contribution in [0, 0.1) is 0 Å². The van der Waals surface area contributed by atoms with Crippen LogP contribution in [0.25, 0.3) is 0 Å². The molecule has 0 bridgehead atoms. The zero-order valence-corrected chi connectivity index (χ0v) is 4.21. The first-order valence-corrected chi connectivity index (χ1v) is 2.03. The number of rotatable bonds is 0. The Morgan fingerprint density at radius 2 is 2.57 bits per heavy atom. The lowest BCUT2D eigenvalue weighted by Gasteiger charge is -1.82. The molecule has 0 radical (unpaired) electrons. The molecule has 0 saturated carbocycles. The molecule has 0 spiro atoms. The summed E-state index contributed by atoms with van der Waals surface area (Å²) in [6.07, 6.45) is 1.21. The van der Waals surface area contributed by atoms with Gasteiger partial charge in [-0.3, -0.25) is 0 Å². The topological polar surface area (TPSA) is 50.9 Å². The maximum atomic E-state index is 8.43. The molecule has 0 amide bonds. The van der Waals surface area contributed by atoms with E-state index in [4.69, 9.17) is 5.21 Å². The highest BCUT2D eigenvalue weighted by Crippen LogP contribution is 1.92. The van der Waals surface area contributed by atoms with Crippen LogP contribution in [0.4, 0.5) is 0 Å². The van der Waals surface area contributed by atoms with Crippen molar-refractivity contribution in [3.05, 3.63) is 6.33 Å². The predicted octanol–water partition coefficient (Wildman–Crippen LogP) is -0.196. The monoisotopic (exact) mass is 117 g/mol. The van der Waals surface area contributed by atoms with Crippen molar-refractivity contribution < 1.29 is 5.21 Å². The van der Waals surface area contributed by atoms with Gasteiger partial charge in [-0.1, -0.05) is 4.85 Å². The van der Waals surface area contributed by atoms with Gasteiger partial charge >= 0.3 is 0 Å². The van der Waals surface area contributed by atoms with E-state index in [1.165, 1.54) is 6.33 Å². The second-order valence-corrected chi connectivity index (χ2v) is 1.35. The minimum Gasteiger partial charge on any atom is -0.410 e. The van der Waals surface area contributed by atoms with Crippen molar-refractivity contribution in [1.82, 2.24) is 14.9 Å². The van der Waals surface area contributed by atoms with E-state index in [1.807, 2.05) is 0 Å². The molecular weight excluding hydrogens is 114 g/mol. The summed E-state index contributed by atoms with van der Waals surface area (Å²) in [5.41, 5.74) is 0. The first-order chi connectivity index (χ1) is 3.30. The highest BCUT2D eigenvalue weighted by atomic mass is 32.1. The minimum absolute atomic E-state index is 0.194. The molecule has 5 heteroatoms. The van der Waals surface area contributed by atoms with Crippen LogP contribution in [0.15, 0.2) is 11.5 Å². The molecule has 1 aromatic rings. The first kappa shape index (κ1) is 4.45. The summed E-state index contributed by atoms with van der Waals surface area (Å²) in [5, 5.41) is 11.9. The predicted molar refractivity (Wildman–Crippen MR) is 24.5 cm³/mol. The van der Waals surface area contributed by atoms with Gasteiger partial charge < -0.3 is 5.21 Å². The maximum Gasteiger partial charge on any atom is 0.222 e. The van der Waals surface area contributed by atoms with Crippen LogP contribution in [-0.2, 0) is 0 Å². The number of thiol groups is 1. The lowest BCUT2D eigenvalue weighted by molar-refractivity contribution is 0.123. The first-order valence-electron chi connectivity index (χ1n) is 1.59. The summed E-state index contributed by atoms with van der Waals surface area (Å²) < 4.78 is 0. The average Bonchev–Trinajstić information content (AvgIpc) is 1.91. The number of hydrogen-bond donors (Lipinski definition) is 2. The fourth-order valence-corrected chi connectivity index (χ4v) is 0.333. The zero-order valence-electron chi connectivity index (χ0n) is 3.31. The molecule has 1 rings (SSSR count). The summed E-state index contributed by atoms with van der Waals surface area (Å²) >= 11 is 3.69. The summed E-state index contributed by atoms with van der Waals surface area (Å²) in [6.45, 7) is 0. The molecule has 7 heavy (non-hydrogen) atoms. The SMILES string of the molecule is On1ncnc1S. The summed E-state index contributed by atoms with van der Waals surface area (Å²) in [7, 11) is 0. The third-order valence-electron chi connectivity index (χ3n) is 0.513. The van der Waals surface area contributed by atoms with E-state index >= 15 is 0 Å². The molecule has 1 aromatic heterocycles. The third-order valence-corrected chi connectivity index (χ3v) is 0.807. The third kappa shape index (κ3) is 0.663. The maximum absolute atomic E-state index is 8.43. The lowest BCUT2D eigenvalue weighted by atomic mass is 11.3. The van der Waals surface area contributed by atoms with Gasteiger partial charge in [0, 0.05) is 0 Å². The van der Waals surface area contributed by atoms with Crippen molar-refractivity contribution >= 4 is 12.6 Å². The van der Waals surface area contributed by atoms with Crippen molar-refractivity contribution in [2.24, 2.45) is 0 Å². The van der Waals surface area contributed by atoms with Crippen LogP contribution in [0.3, 0.4) is 0 Å². The second kappa shape index (κ2) is 1.42. The van der Waals surface area contributed by atoms with E-state index in [0.29, 0.717) is 4.85 Å². The molecule has 0 fully saturated rings. The van der Waals surface area contributed by atoms with Crippen LogP contribution in [-0.4, -0.2) is 20.1 Å². The van der Waals surface area contributed by atoms with Crippen LogP contribution in [0.1, 0.15) is 0 Å². The van der Waals surface area contributed by atoms with Gasteiger partial charge in [0.05, 0.1) is 0 Å². The zero-order chi connectivity index (χ0) is 5.28. The van der Waals surface area contributed by atoms with Crippen LogP contribution in [0.5, 0.6) is 0 Å². The molecule has 0 unspecified atom stereocenters. The quantitative estimate of drug-likeness (QED) is 0.365. The van der Waals surface area contributed by atoms with E-state index in [2.05, 4.69) is 22.7 Å². The molecule has 0 saturated heterocycles. The van der Waals surface area contributed by atoms with E-state index < -0.39 is 0 Å². The van der Waals surface area contributed by atoms with Gasteiger partial charge in [-0.05, 0) is 0 Å². The molecule has 1 heterocycles. The van der Waals surface area contributed by atoms with Crippen molar-refractivity contribution in [3.8, 4) is 0 Å². The molecule has 0 aliphatic heterocycles. The Labute approximate surface area is 45.2 Å². The number of hydrogen-bond acceptors (Lipinski definition) is 4. The summed E-state index contributed by atoms with van der Waals surface area (Å²) in [6, 6.07) is 0. The van der Waals surface area contributed by atoms with Crippen LogP contribution >= 0.6 is 12.6 Å². The van der Waals surface area contributed by atoms with Gasteiger partial charge in [0.1, 0.15) is 6.33 Å². The Kier molecular flexibility index (Phi) is 0.900. The van der Waals surface area contributed by atoms with Gasteiger partial charge in [0.25, 0.3) is 0 Å². The molecule has 38 valence electrons. The average molecular weight is 117 g/mol. The Balaban J connectivity index is 3.12. The minimum atomic E-state index is 0.194. The molecule has 0 aromatic carbocycles. The number of nitrogens with zero attached hydrogens (tertiary/aromatic N) is 3. The molecule has 0 atom stereocenters. The van der Waals surface area contributed by atoms with Gasteiger partial charge in [0.2, 0.25) is 5.16 Å². The largest absolute Gasteiger partial charge is 0.410 e.